The smallest absolute Gasteiger partial charge is 0.338 e. The molecule has 2 aromatic rings. The summed E-state index contributed by atoms with van der Waals surface area (Å²) in [6.07, 6.45) is 0. The van der Waals surface area contributed by atoms with E-state index in [9.17, 15) is 14.0 Å². The second-order valence-electron chi connectivity index (χ2n) is 5.69. The van der Waals surface area contributed by atoms with E-state index in [4.69, 9.17) is 10.5 Å². The highest BCUT2D eigenvalue weighted by Crippen LogP contribution is 2.14. The molecule has 25 heavy (non-hydrogen) atoms. The lowest BCUT2D eigenvalue weighted by molar-refractivity contribution is -0.134. The predicted octanol–water partition coefficient (Wildman–Crippen LogP) is 2.92. The second kappa shape index (κ2) is 8.28. The van der Waals surface area contributed by atoms with Gasteiger partial charge in [0.25, 0.3) is 5.91 Å². The van der Waals surface area contributed by atoms with Gasteiger partial charge in [0.2, 0.25) is 0 Å². The van der Waals surface area contributed by atoms with E-state index in [-0.39, 0.29) is 24.9 Å². The maximum atomic E-state index is 13.2. The Labute approximate surface area is 146 Å². The van der Waals surface area contributed by atoms with Gasteiger partial charge in [0.05, 0.1) is 5.56 Å². The lowest BCUT2D eigenvalue weighted by Crippen LogP contribution is -2.34. The molecule has 0 aromatic heterocycles. The quantitative estimate of drug-likeness (QED) is 0.646. The lowest BCUT2D eigenvalue weighted by atomic mass is 10.1. The standard InChI is InChI=1S/C19H21FN2O3/c1-3-22(11-14-5-4-6-16(20)9-14)18(23)12-25-19(24)15-8-7-13(2)17(21)10-15/h4-10H,3,11-12,21H2,1-2H3. The third kappa shape index (κ3) is 5.04. The van der Waals surface area contributed by atoms with Crippen LogP contribution < -0.4 is 5.73 Å². The molecular weight excluding hydrogens is 323 g/mol. The van der Waals surface area contributed by atoms with Crippen LogP contribution in [0, 0.1) is 12.7 Å². The predicted molar refractivity (Wildman–Crippen MR) is 93.4 cm³/mol. The molecular formula is C19H21FN2O3. The SMILES string of the molecule is CCN(Cc1cccc(F)c1)C(=O)COC(=O)c1ccc(C)c(N)c1. The van der Waals surface area contributed by atoms with Crippen molar-refractivity contribution in [2.45, 2.75) is 20.4 Å². The molecule has 0 heterocycles. The van der Waals surface area contributed by atoms with E-state index < -0.39 is 5.97 Å². The Bertz CT molecular complexity index is 777. The highest BCUT2D eigenvalue weighted by molar-refractivity contribution is 5.92. The number of carbonyl (C=O) groups excluding carboxylic acids is 2. The molecule has 0 aliphatic carbocycles. The Morgan fingerprint density at radius 1 is 1.20 bits per heavy atom. The van der Waals surface area contributed by atoms with Crippen molar-refractivity contribution in [1.82, 2.24) is 4.90 Å². The summed E-state index contributed by atoms with van der Waals surface area (Å²) in [5.74, 6) is -1.31. The van der Waals surface area contributed by atoms with Crippen molar-refractivity contribution in [3.63, 3.8) is 0 Å². The van der Waals surface area contributed by atoms with E-state index in [2.05, 4.69) is 0 Å². The molecule has 2 N–H and O–H groups in total. The van der Waals surface area contributed by atoms with Gasteiger partial charge < -0.3 is 15.4 Å². The molecule has 0 unspecified atom stereocenters. The minimum atomic E-state index is -0.609. The van der Waals surface area contributed by atoms with Crippen LogP contribution in [0.2, 0.25) is 0 Å². The summed E-state index contributed by atoms with van der Waals surface area (Å²) in [4.78, 5) is 25.8. The molecule has 2 rings (SSSR count). The Hall–Kier alpha value is -2.89. The number of rotatable bonds is 6. The van der Waals surface area contributed by atoms with Crippen molar-refractivity contribution < 1.29 is 18.7 Å². The fraction of sp³-hybridized carbons (Fsp3) is 0.263. The number of esters is 1. The van der Waals surface area contributed by atoms with Gasteiger partial charge in [-0.25, -0.2) is 9.18 Å². The third-order valence-electron chi connectivity index (χ3n) is 3.84. The third-order valence-corrected chi connectivity index (χ3v) is 3.84. The van der Waals surface area contributed by atoms with Gasteiger partial charge in [-0.15, -0.1) is 0 Å². The molecule has 5 nitrogen and oxygen atoms in total. The number of ether oxygens (including phenoxy) is 1. The van der Waals surface area contributed by atoms with Crippen molar-refractivity contribution in [1.29, 1.82) is 0 Å². The van der Waals surface area contributed by atoms with Gasteiger partial charge in [0.15, 0.2) is 6.61 Å². The van der Waals surface area contributed by atoms with Crippen LogP contribution >= 0.6 is 0 Å². The Balaban J connectivity index is 1.95. The van der Waals surface area contributed by atoms with Crippen LogP contribution in [0.1, 0.15) is 28.4 Å². The number of nitrogen functional groups attached to an aromatic ring is 1. The summed E-state index contributed by atoms with van der Waals surface area (Å²) in [7, 11) is 0. The van der Waals surface area contributed by atoms with Gasteiger partial charge in [-0.3, -0.25) is 4.79 Å². The molecule has 2 aromatic carbocycles. The molecule has 0 radical (unpaired) electrons. The first-order valence-electron chi connectivity index (χ1n) is 7.96. The van der Waals surface area contributed by atoms with Crippen LogP contribution in [-0.4, -0.2) is 29.9 Å². The zero-order valence-electron chi connectivity index (χ0n) is 14.3. The minimum Gasteiger partial charge on any atom is -0.452 e. The summed E-state index contributed by atoms with van der Waals surface area (Å²) in [6.45, 7) is 3.93. The van der Waals surface area contributed by atoms with Crippen LogP contribution in [0.4, 0.5) is 10.1 Å². The minimum absolute atomic E-state index is 0.252. The Morgan fingerprint density at radius 3 is 2.60 bits per heavy atom. The van der Waals surface area contributed by atoms with E-state index in [1.165, 1.54) is 23.1 Å². The summed E-state index contributed by atoms with van der Waals surface area (Å²) < 4.78 is 18.3. The molecule has 0 spiro atoms. The molecule has 0 atom stereocenters. The topological polar surface area (TPSA) is 72.6 Å². The fourth-order valence-corrected chi connectivity index (χ4v) is 2.30. The number of hydrogen-bond acceptors (Lipinski definition) is 4. The van der Waals surface area contributed by atoms with Crippen LogP contribution in [0.3, 0.4) is 0 Å². The van der Waals surface area contributed by atoms with Gasteiger partial charge in [-0.2, -0.15) is 0 Å². The lowest BCUT2D eigenvalue weighted by Gasteiger charge is -2.21. The first-order chi connectivity index (χ1) is 11.9. The molecule has 1 amide bonds. The first-order valence-corrected chi connectivity index (χ1v) is 7.96. The maximum absolute atomic E-state index is 13.2. The highest BCUT2D eigenvalue weighted by Gasteiger charge is 2.16. The van der Waals surface area contributed by atoms with Crippen LogP contribution in [0.25, 0.3) is 0 Å². The Kier molecular flexibility index (Phi) is 6.11. The number of nitrogens with two attached hydrogens (primary N) is 1. The van der Waals surface area contributed by atoms with E-state index in [1.807, 2.05) is 6.92 Å². The number of amides is 1. The number of halogens is 1. The fourth-order valence-electron chi connectivity index (χ4n) is 2.30. The van der Waals surface area contributed by atoms with E-state index >= 15 is 0 Å². The number of likely N-dealkylation sites (N-methyl/N-ethyl adjacent to an activating group) is 1. The van der Waals surface area contributed by atoms with Crippen molar-refractivity contribution in [2.24, 2.45) is 0 Å². The molecule has 0 aliphatic rings. The largest absolute Gasteiger partial charge is 0.452 e. The monoisotopic (exact) mass is 344 g/mol. The number of nitrogens with zero attached hydrogens (tertiary/aromatic N) is 1. The van der Waals surface area contributed by atoms with Gasteiger partial charge in [-0.05, 0) is 49.2 Å². The van der Waals surface area contributed by atoms with Crippen molar-refractivity contribution >= 4 is 17.6 Å². The maximum Gasteiger partial charge on any atom is 0.338 e. The van der Waals surface area contributed by atoms with Gasteiger partial charge >= 0.3 is 5.97 Å². The first kappa shape index (κ1) is 18.4. The molecule has 132 valence electrons. The number of carbonyl (C=O) groups is 2. The van der Waals surface area contributed by atoms with Gasteiger partial charge in [0, 0.05) is 18.8 Å². The average molecular weight is 344 g/mol. The molecule has 0 bridgehead atoms. The van der Waals surface area contributed by atoms with Crippen LogP contribution in [0.15, 0.2) is 42.5 Å². The zero-order chi connectivity index (χ0) is 18.4. The van der Waals surface area contributed by atoms with Gasteiger partial charge in [0.1, 0.15) is 5.82 Å². The normalized spacial score (nSPS) is 10.4. The molecule has 0 fully saturated rings. The van der Waals surface area contributed by atoms with Crippen LogP contribution in [0.5, 0.6) is 0 Å². The Morgan fingerprint density at radius 2 is 1.96 bits per heavy atom. The van der Waals surface area contributed by atoms with E-state index in [0.717, 1.165) is 5.56 Å². The summed E-state index contributed by atoms with van der Waals surface area (Å²) in [5.41, 5.74) is 8.09. The van der Waals surface area contributed by atoms with Crippen molar-refractivity contribution in [2.75, 3.05) is 18.9 Å². The molecule has 6 heteroatoms. The van der Waals surface area contributed by atoms with Crippen molar-refractivity contribution in [3.05, 3.63) is 65.0 Å². The number of aryl methyl sites for hydroxylation is 1. The highest BCUT2D eigenvalue weighted by atomic mass is 19.1. The van der Waals surface area contributed by atoms with Crippen molar-refractivity contribution in [3.8, 4) is 0 Å². The molecule has 0 saturated carbocycles. The molecule has 0 aliphatic heterocycles. The van der Waals surface area contributed by atoms with Crippen LogP contribution in [-0.2, 0) is 16.1 Å². The number of benzene rings is 2. The summed E-state index contributed by atoms with van der Waals surface area (Å²) >= 11 is 0. The summed E-state index contributed by atoms with van der Waals surface area (Å²) in [5, 5.41) is 0. The average Bonchev–Trinajstić information content (AvgIpc) is 2.59. The molecule has 0 saturated heterocycles. The van der Waals surface area contributed by atoms with Gasteiger partial charge in [-0.1, -0.05) is 18.2 Å². The van der Waals surface area contributed by atoms with E-state index in [1.54, 1.807) is 31.2 Å². The number of hydrogen-bond donors (Lipinski definition) is 1. The second-order valence-corrected chi connectivity index (χ2v) is 5.69. The summed E-state index contributed by atoms with van der Waals surface area (Å²) in [6, 6.07) is 10.9. The van der Waals surface area contributed by atoms with E-state index in [0.29, 0.717) is 23.4 Å². The number of anilines is 1. The zero-order valence-corrected chi connectivity index (χ0v) is 14.3.